The van der Waals surface area contributed by atoms with Gasteiger partial charge in [-0.25, -0.2) is 0 Å². The van der Waals surface area contributed by atoms with Crippen LogP contribution in [-0.2, 0) is 6.54 Å². The zero-order chi connectivity index (χ0) is 14.4. The first-order chi connectivity index (χ1) is 9.72. The van der Waals surface area contributed by atoms with Crippen molar-refractivity contribution in [2.75, 3.05) is 11.9 Å². The minimum Gasteiger partial charge on any atom is -0.478 e. The van der Waals surface area contributed by atoms with E-state index in [1.807, 2.05) is 48.5 Å². The molecule has 0 amide bonds. The van der Waals surface area contributed by atoms with Crippen LogP contribution in [-0.4, -0.2) is 6.61 Å². The van der Waals surface area contributed by atoms with E-state index in [-0.39, 0.29) is 6.61 Å². The molecule has 0 unspecified atom stereocenters. The van der Waals surface area contributed by atoms with Gasteiger partial charge in [-0.3, -0.25) is 0 Å². The van der Waals surface area contributed by atoms with Gasteiger partial charge in [0.15, 0.2) is 6.61 Å². The molecule has 0 aromatic heterocycles. The standard InChI is InChI=1S/C16H15BrN2O/c1-12-14(17)6-4-7-15(12)19-11-13-5-2-3-8-16(13)20-10-9-18/h2-8,19H,10-11H2,1H3. The van der Waals surface area contributed by atoms with E-state index in [2.05, 4.69) is 28.2 Å². The van der Waals surface area contributed by atoms with Crippen LogP contribution in [0, 0.1) is 18.3 Å². The molecule has 2 aromatic carbocycles. The molecule has 20 heavy (non-hydrogen) atoms. The first-order valence-corrected chi connectivity index (χ1v) is 7.08. The molecule has 0 aliphatic rings. The number of para-hydroxylation sites is 1. The molecule has 102 valence electrons. The van der Waals surface area contributed by atoms with Gasteiger partial charge in [0.1, 0.15) is 11.8 Å². The summed E-state index contributed by atoms with van der Waals surface area (Å²) in [4.78, 5) is 0. The summed E-state index contributed by atoms with van der Waals surface area (Å²) in [5, 5.41) is 12.0. The predicted molar refractivity (Wildman–Crippen MR) is 83.8 cm³/mol. The van der Waals surface area contributed by atoms with Crippen molar-refractivity contribution in [1.29, 1.82) is 5.26 Å². The Morgan fingerprint density at radius 3 is 2.80 bits per heavy atom. The third-order valence-corrected chi connectivity index (χ3v) is 3.86. The Morgan fingerprint density at radius 1 is 1.20 bits per heavy atom. The van der Waals surface area contributed by atoms with Gasteiger partial charge in [0.05, 0.1) is 0 Å². The summed E-state index contributed by atoms with van der Waals surface area (Å²) in [5.41, 5.74) is 3.28. The summed E-state index contributed by atoms with van der Waals surface area (Å²) in [7, 11) is 0. The largest absolute Gasteiger partial charge is 0.478 e. The Hall–Kier alpha value is -1.99. The van der Waals surface area contributed by atoms with Crippen molar-refractivity contribution in [1.82, 2.24) is 0 Å². The summed E-state index contributed by atoms with van der Waals surface area (Å²) in [5.74, 6) is 0.745. The highest BCUT2D eigenvalue weighted by Crippen LogP contribution is 2.25. The zero-order valence-corrected chi connectivity index (χ0v) is 12.8. The molecule has 0 heterocycles. The Kier molecular flexibility index (Phi) is 5.03. The molecule has 0 radical (unpaired) electrons. The van der Waals surface area contributed by atoms with Crippen LogP contribution >= 0.6 is 15.9 Å². The van der Waals surface area contributed by atoms with Crippen molar-refractivity contribution in [3.63, 3.8) is 0 Å². The van der Waals surface area contributed by atoms with Crippen molar-refractivity contribution in [2.45, 2.75) is 13.5 Å². The van der Waals surface area contributed by atoms with E-state index in [9.17, 15) is 0 Å². The van der Waals surface area contributed by atoms with Gasteiger partial charge in [0.2, 0.25) is 0 Å². The highest BCUT2D eigenvalue weighted by molar-refractivity contribution is 9.10. The fourth-order valence-electron chi connectivity index (χ4n) is 1.89. The smallest absolute Gasteiger partial charge is 0.174 e. The van der Waals surface area contributed by atoms with Crippen LogP contribution in [0.1, 0.15) is 11.1 Å². The number of benzene rings is 2. The molecule has 2 aromatic rings. The molecule has 0 spiro atoms. The minimum absolute atomic E-state index is 0.0624. The fourth-order valence-corrected chi connectivity index (χ4v) is 2.26. The monoisotopic (exact) mass is 330 g/mol. The van der Waals surface area contributed by atoms with E-state index >= 15 is 0 Å². The molecule has 0 fully saturated rings. The van der Waals surface area contributed by atoms with E-state index in [1.165, 1.54) is 5.56 Å². The lowest BCUT2D eigenvalue weighted by molar-refractivity contribution is 0.364. The van der Waals surface area contributed by atoms with Crippen LogP contribution in [0.25, 0.3) is 0 Å². The molecular weight excluding hydrogens is 316 g/mol. The number of nitrogens with zero attached hydrogens (tertiary/aromatic N) is 1. The Morgan fingerprint density at radius 2 is 2.00 bits per heavy atom. The van der Waals surface area contributed by atoms with Gasteiger partial charge >= 0.3 is 0 Å². The van der Waals surface area contributed by atoms with Crippen molar-refractivity contribution < 1.29 is 4.74 Å². The highest BCUT2D eigenvalue weighted by atomic mass is 79.9. The van der Waals surface area contributed by atoms with Crippen LogP contribution in [0.15, 0.2) is 46.9 Å². The van der Waals surface area contributed by atoms with Gasteiger partial charge < -0.3 is 10.1 Å². The van der Waals surface area contributed by atoms with Crippen LogP contribution in [0.5, 0.6) is 5.75 Å². The maximum absolute atomic E-state index is 8.60. The first kappa shape index (κ1) is 14.4. The molecule has 0 atom stereocenters. The lowest BCUT2D eigenvalue weighted by Gasteiger charge is -2.13. The number of nitrogens with one attached hydrogen (secondary N) is 1. The highest BCUT2D eigenvalue weighted by Gasteiger charge is 2.05. The number of anilines is 1. The summed E-state index contributed by atoms with van der Waals surface area (Å²) < 4.78 is 6.50. The van der Waals surface area contributed by atoms with E-state index in [4.69, 9.17) is 10.00 Å². The lowest BCUT2D eigenvalue weighted by Crippen LogP contribution is -2.04. The van der Waals surface area contributed by atoms with Crippen molar-refractivity contribution >= 4 is 21.6 Å². The second-order valence-corrected chi connectivity index (χ2v) is 5.17. The second kappa shape index (κ2) is 6.97. The predicted octanol–water partition coefficient (Wildman–Crippen LogP) is 4.27. The molecule has 0 saturated heterocycles. The van der Waals surface area contributed by atoms with Crippen LogP contribution < -0.4 is 10.1 Å². The number of hydrogen-bond acceptors (Lipinski definition) is 3. The first-order valence-electron chi connectivity index (χ1n) is 6.29. The van der Waals surface area contributed by atoms with E-state index in [0.29, 0.717) is 6.54 Å². The number of rotatable bonds is 5. The zero-order valence-electron chi connectivity index (χ0n) is 11.2. The summed E-state index contributed by atoms with van der Waals surface area (Å²) >= 11 is 3.52. The van der Waals surface area contributed by atoms with Crippen molar-refractivity contribution in [3.8, 4) is 11.8 Å². The SMILES string of the molecule is Cc1c(Br)cccc1NCc1ccccc1OCC#N. The van der Waals surface area contributed by atoms with E-state index in [0.717, 1.165) is 21.5 Å². The van der Waals surface area contributed by atoms with Gasteiger partial charge in [0.25, 0.3) is 0 Å². The number of halogens is 1. The van der Waals surface area contributed by atoms with E-state index < -0.39 is 0 Å². The molecule has 0 aliphatic heterocycles. The second-order valence-electron chi connectivity index (χ2n) is 4.32. The van der Waals surface area contributed by atoms with Crippen LogP contribution in [0.3, 0.4) is 0 Å². The molecule has 0 bridgehead atoms. The van der Waals surface area contributed by atoms with Crippen LogP contribution in [0.2, 0.25) is 0 Å². The molecule has 3 nitrogen and oxygen atoms in total. The summed E-state index contributed by atoms with van der Waals surface area (Å²) in [6, 6.07) is 15.8. The number of nitriles is 1. The maximum atomic E-state index is 8.60. The Labute approximate surface area is 127 Å². The molecule has 4 heteroatoms. The third kappa shape index (κ3) is 3.52. The van der Waals surface area contributed by atoms with Gasteiger partial charge in [0, 0.05) is 22.3 Å². The summed E-state index contributed by atoms with van der Waals surface area (Å²) in [6.07, 6.45) is 0. The van der Waals surface area contributed by atoms with Gasteiger partial charge in [-0.05, 0) is 30.7 Å². The normalized spacial score (nSPS) is 9.85. The third-order valence-electron chi connectivity index (χ3n) is 3.00. The maximum Gasteiger partial charge on any atom is 0.174 e. The number of hydrogen-bond donors (Lipinski definition) is 1. The average Bonchev–Trinajstić information content (AvgIpc) is 2.47. The molecule has 1 N–H and O–H groups in total. The van der Waals surface area contributed by atoms with Gasteiger partial charge in [-0.2, -0.15) is 5.26 Å². The lowest BCUT2D eigenvalue weighted by atomic mass is 10.1. The average molecular weight is 331 g/mol. The Balaban J connectivity index is 2.11. The van der Waals surface area contributed by atoms with E-state index in [1.54, 1.807) is 0 Å². The Bertz CT molecular complexity index is 635. The van der Waals surface area contributed by atoms with Crippen molar-refractivity contribution in [2.24, 2.45) is 0 Å². The van der Waals surface area contributed by atoms with Crippen LogP contribution in [0.4, 0.5) is 5.69 Å². The molecule has 0 saturated carbocycles. The number of ether oxygens (including phenoxy) is 1. The van der Waals surface area contributed by atoms with Crippen molar-refractivity contribution in [3.05, 3.63) is 58.1 Å². The molecule has 2 rings (SSSR count). The minimum atomic E-state index is 0.0624. The van der Waals surface area contributed by atoms with Gasteiger partial charge in [-0.15, -0.1) is 0 Å². The molecular formula is C16H15BrN2O. The topological polar surface area (TPSA) is 45.0 Å². The molecule has 0 aliphatic carbocycles. The quantitative estimate of drug-likeness (QED) is 0.890. The summed E-state index contributed by atoms with van der Waals surface area (Å²) in [6.45, 7) is 2.77. The van der Waals surface area contributed by atoms with Gasteiger partial charge in [-0.1, -0.05) is 40.2 Å². The fraction of sp³-hybridized carbons (Fsp3) is 0.188.